The molecule has 0 amide bonds. The van der Waals surface area contributed by atoms with Gasteiger partial charge in [-0.05, 0) is 0 Å². The fraction of sp³-hybridized carbons (Fsp3) is 0. The second-order valence-electron chi connectivity index (χ2n) is 0.385. The van der Waals surface area contributed by atoms with Crippen molar-refractivity contribution in [3.63, 3.8) is 0 Å². The maximum absolute atomic E-state index is 4.72. The van der Waals surface area contributed by atoms with Crippen LogP contribution < -0.4 is 0 Å². The fourth-order valence-corrected chi connectivity index (χ4v) is 0. The predicted molar refractivity (Wildman–Crippen MR) is 17.7 cm³/mol. The molecule has 0 atom stereocenters. The van der Waals surface area contributed by atoms with E-state index in [0.29, 0.717) is 0 Å². The van der Waals surface area contributed by atoms with Crippen molar-refractivity contribution >= 4 is 0 Å². The van der Waals surface area contributed by atoms with Crippen molar-refractivity contribution in [1.82, 2.24) is 0 Å². The van der Waals surface area contributed by atoms with Gasteiger partial charge in [-0.1, -0.05) is 0 Å². The van der Waals surface area contributed by atoms with Gasteiger partial charge in [0.05, 0.1) is 0 Å². The summed E-state index contributed by atoms with van der Waals surface area (Å²) in [5.41, 5.74) is 0. The van der Waals surface area contributed by atoms with Crippen LogP contribution >= 0.6 is 0 Å². The number of hydrogen-bond acceptors (Lipinski definition) is 0. The molecule has 1 heteroatoms. The van der Waals surface area contributed by atoms with E-state index in [1.165, 1.54) is 12.2 Å². The van der Waals surface area contributed by atoms with Gasteiger partial charge in [-0.15, -0.1) is 0 Å². The third-order valence-electron chi connectivity index (χ3n) is 0.111. The van der Waals surface area contributed by atoms with E-state index in [2.05, 4.69) is 0 Å². The van der Waals surface area contributed by atoms with Crippen molar-refractivity contribution in [2.24, 2.45) is 0 Å². The van der Waals surface area contributed by atoms with Gasteiger partial charge in [0.2, 0.25) is 0 Å². The molecule has 0 aliphatic heterocycles. The molecule has 0 unspecified atom stereocenters. The molecule has 33 valence electrons. The Morgan fingerprint density at radius 3 is 1.20 bits per heavy atom. The van der Waals surface area contributed by atoms with Crippen LogP contribution in [0.3, 0.4) is 0 Å². The zero-order valence-corrected chi connectivity index (χ0v) is 4.78. The zero-order chi connectivity index (χ0) is 3.41. The first-order valence-corrected chi connectivity index (χ1v) is 1.00. The number of allylic oxidation sites excluding steroid dienone is 2. The first kappa shape index (κ1) is 8.97. The van der Waals surface area contributed by atoms with Gasteiger partial charge in [-0.3, -0.25) is 0 Å². The fourth-order valence-electron chi connectivity index (χ4n) is 0. The minimum Gasteiger partial charge on any atom is -0.394 e. The van der Waals surface area contributed by atoms with Gasteiger partial charge >= 0.3 is 0 Å². The molecule has 0 heterocycles. The normalized spacial score (nSPS) is 4.00. The topological polar surface area (TPSA) is 0 Å². The van der Waals surface area contributed by atoms with E-state index < -0.39 is 0 Å². The third kappa shape index (κ3) is 14.0. The molecule has 0 spiro atoms. The van der Waals surface area contributed by atoms with Crippen LogP contribution in [0, 0.1) is 13.2 Å². The largest absolute Gasteiger partial charge is 0.394 e. The van der Waals surface area contributed by atoms with Crippen LogP contribution in [0.1, 0.15) is 0 Å². The Labute approximate surface area is 48.1 Å². The Bertz CT molecular complexity index is 24.6. The summed E-state index contributed by atoms with van der Waals surface area (Å²) in [4.78, 5) is 0. The monoisotopic (exact) mass is 249 g/mol. The van der Waals surface area contributed by atoms with Crippen molar-refractivity contribution in [1.29, 1.82) is 0 Å². The molecule has 0 saturated carbocycles. The molecule has 5 heavy (non-hydrogen) atoms. The Morgan fingerprint density at radius 2 is 1.20 bits per heavy atom. The SMILES string of the molecule is [Au].[CH-]=CC=[CH-]. The standard InChI is InChI=1S/C4H4.Au/c1-3-4-2;/h1-4H;/q-2;. The molecular weight excluding hydrogens is 245 g/mol. The van der Waals surface area contributed by atoms with Crippen LogP contribution in [0.4, 0.5) is 0 Å². The van der Waals surface area contributed by atoms with Crippen molar-refractivity contribution in [3.05, 3.63) is 25.3 Å². The molecule has 0 N–H and O–H groups in total. The summed E-state index contributed by atoms with van der Waals surface area (Å²) in [7, 11) is 0. The molecule has 0 fully saturated rings. The maximum atomic E-state index is 4.72. The summed E-state index contributed by atoms with van der Waals surface area (Å²) in [6.07, 6.45) is 2.56. The van der Waals surface area contributed by atoms with Gasteiger partial charge in [0.25, 0.3) is 0 Å². The van der Waals surface area contributed by atoms with Crippen LogP contribution in [-0.2, 0) is 22.4 Å². The maximum Gasteiger partial charge on any atom is 0 e. The Kier molecular flexibility index (Phi) is 15.9. The predicted octanol–water partition coefficient (Wildman–Crippen LogP) is 0.962. The van der Waals surface area contributed by atoms with E-state index in [-0.39, 0.29) is 22.4 Å². The third-order valence-corrected chi connectivity index (χ3v) is 0.111. The minimum absolute atomic E-state index is 0. The molecule has 0 nitrogen and oxygen atoms in total. The Hall–Kier alpha value is 0.220. The van der Waals surface area contributed by atoms with E-state index in [1.54, 1.807) is 0 Å². The van der Waals surface area contributed by atoms with Crippen molar-refractivity contribution in [3.8, 4) is 0 Å². The minimum atomic E-state index is 0. The van der Waals surface area contributed by atoms with Gasteiger partial charge in [0.1, 0.15) is 0 Å². The summed E-state index contributed by atoms with van der Waals surface area (Å²) in [6.45, 7) is 9.44. The summed E-state index contributed by atoms with van der Waals surface area (Å²) in [5, 5.41) is 0. The van der Waals surface area contributed by atoms with Gasteiger partial charge in [-0.25, -0.2) is 0 Å². The van der Waals surface area contributed by atoms with Crippen LogP contribution in [0.2, 0.25) is 0 Å². The Balaban J connectivity index is 0. The molecule has 0 saturated heterocycles. The molecule has 0 aromatic carbocycles. The average Bonchev–Trinajstić information content (AvgIpc) is 1.37. The van der Waals surface area contributed by atoms with Crippen LogP contribution in [-0.4, -0.2) is 0 Å². The van der Waals surface area contributed by atoms with E-state index in [4.69, 9.17) is 13.2 Å². The van der Waals surface area contributed by atoms with Gasteiger partial charge in [0.15, 0.2) is 0 Å². The molecule has 0 aromatic heterocycles. The molecule has 0 bridgehead atoms. The van der Waals surface area contributed by atoms with E-state index in [9.17, 15) is 0 Å². The zero-order valence-electron chi connectivity index (χ0n) is 2.61. The first-order chi connectivity index (χ1) is 1.91. The molecule has 0 rings (SSSR count). The second kappa shape index (κ2) is 8.88. The molecule has 0 aromatic rings. The first-order valence-electron chi connectivity index (χ1n) is 1.00. The van der Waals surface area contributed by atoms with Crippen molar-refractivity contribution < 1.29 is 22.4 Å². The molecule has 1 radical (unpaired) electrons. The second-order valence-corrected chi connectivity index (χ2v) is 0.385. The summed E-state index contributed by atoms with van der Waals surface area (Å²) in [5.74, 6) is 0. The summed E-state index contributed by atoms with van der Waals surface area (Å²) in [6, 6.07) is 0. The smallest absolute Gasteiger partial charge is 0 e. The molecule has 0 aliphatic carbocycles. The average molecular weight is 249 g/mol. The van der Waals surface area contributed by atoms with Gasteiger partial charge < -0.3 is 25.3 Å². The van der Waals surface area contributed by atoms with Crippen molar-refractivity contribution in [2.75, 3.05) is 0 Å². The quantitative estimate of drug-likeness (QED) is 0.369. The van der Waals surface area contributed by atoms with Gasteiger partial charge in [0, 0.05) is 22.4 Å². The Morgan fingerprint density at radius 1 is 1.00 bits per heavy atom. The number of rotatable bonds is 1. The van der Waals surface area contributed by atoms with E-state index in [1.807, 2.05) is 0 Å². The molecule has 0 aliphatic rings. The molecular formula is C4H4Au-2. The van der Waals surface area contributed by atoms with Crippen LogP contribution in [0.15, 0.2) is 12.2 Å². The van der Waals surface area contributed by atoms with Crippen molar-refractivity contribution in [2.45, 2.75) is 0 Å². The summed E-state index contributed by atoms with van der Waals surface area (Å²) >= 11 is 0. The number of hydrogen-bond donors (Lipinski definition) is 0. The summed E-state index contributed by atoms with van der Waals surface area (Å²) < 4.78 is 0. The van der Waals surface area contributed by atoms with Crippen LogP contribution in [0.5, 0.6) is 0 Å². The van der Waals surface area contributed by atoms with E-state index in [0.717, 1.165) is 0 Å². The van der Waals surface area contributed by atoms with E-state index >= 15 is 0 Å². The van der Waals surface area contributed by atoms with Crippen LogP contribution in [0.25, 0.3) is 0 Å². The van der Waals surface area contributed by atoms with Gasteiger partial charge in [-0.2, -0.15) is 0 Å².